The Morgan fingerprint density at radius 2 is 0.571 bits per heavy atom. The minimum atomic E-state index is -0.873. The average molecular weight is 617 g/mol. The summed E-state index contributed by atoms with van der Waals surface area (Å²) in [4.78, 5) is 10.3. The average Bonchev–Trinajstić information content (AvgIpc) is 2.96. The number of rotatable bonds is 37. The number of carboxylic acid groups (broad SMARTS) is 1. The van der Waals surface area contributed by atoms with Gasteiger partial charge >= 0.3 is 5.97 Å². The van der Waals surface area contributed by atoms with Gasteiger partial charge in [-0.05, 0) is 13.8 Å². The smallest absolute Gasteiger partial charge is 0.305 e. The first-order chi connectivity index (χ1) is 20.6. The zero-order valence-corrected chi connectivity index (χ0v) is 25.8. The van der Waals surface area contributed by atoms with E-state index < -0.39 is 5.97 Å². The van der Waals surface area contributed by atoms with Gasteiger partial charge in [0, 0.05) is 0 Å². The van der Waals surface area contributed by atoms with Crippen LogP contribution in [0.1, 0.15) is 20.3 Å². The maximum atomic E-state index is 10.3. The van der Waals surface area contributed by atoms with Gasteiger partial charge < -0.3 is 61.9 Å². The van der Waals surface area contributed by atoms with Gasteiger partial charge in [0.25, 0.3) is 0 Å². The van der Waals surface area contributed by atoms with Crippen molar-refractivity contribution < 1.29 is 66.7 Å². The second-order valence-electron chi connectivity index (χ2n) is 8.80. The van der Waals surface area contributed by atoms with E-state index in [2.05, 4.69) is 0 Å². The molecule has 0 amide bonds. The first-order valence-electron chi connectivity index (χ1n) is 14.8. The minimum absolute atomic E-state index is 0.00112. The van der Waals surface area contributed by atoms with Gasteiger partial charge in [-0.1, -0.05) is 0 Å². The van der Waals surface area contributed by atoms with Gasteiger partial charge in [0.15, 0.2) is 0 Å². The van der Waals surface area contributed by atoms with Crippen LogP contribution in [0.15, 0.2) is 0 Å². The Bertz CT molecular complexity index is 527. The van der Waals surface area contributed by atoms with Crippen molar-refractivity contribution in [2.45, 2.75) is 26.4 Å². The van der Waals surface area contributed by atoms with Crippen molar-refractivity contribution in [3.8, 4) is 0 Å². The van der Waals surface area contributed by atoms with Gasteiger partial charge in [-0.25, -0.2) is 0 Å². The van der Waals surface area contributed by atoms with E-state index in [0.29, 0.717) is 145 Å². The van der Waals surface area contributed by atoms with E-state index in [9.17, 15) is 4.79 Å². The summed E-state index contributed by atoms with van der Waals surface area (Å²) in [5, 5.41) is 8.48. The van der Waals surface area contributed by atoms with Crippen LogP contribution in [-0.2, 0) is 61.6 Å². The predicted octanol–water partition coefficient (Wildman–Crippen LogP) is 1.07. The lowest BCUT2D eigenvalue weighted by Gasteiger charge is -2.09. The fraction of sp³-hybridized carbons (Fsp3) is 0.964. The Kier molecular flexibility index (Phi) is 35.3. The molecule has 14 heteroatoms. The van der Waals surface area contributed by atoms with Crippen molar-refractivity contribution in [3.05, 3.63) is 0 Å². The molecular formula is C28H56O14. The Balaban J connectivity index is 3.04. The zero-order chi connectivity index (χ0) is 30.6. The second-order valence-corrected chi connectivity index (χ2v) is 8.80. The van der Waals surface area contributed by atoms with Crippen molar-refractivity contribution >= 4 is 5.97 Å². The van der Waals surface area contributed by atoms with Crippen molar-refractivity contribution in [2.75, 3.05) is 152 Å². The summed E-state index contributed by atoms with van der Waals surface area (Å²) in [6.07, 6.45) is 0.226. The summed E-state index contributed by atoms with van der Waals surface area (Å²) >= 11 is 0. The van der Waals surface area contributed by atoms with E-state index in [1.54, 1.807) is 0 Å². The maximum Gasteiger partial charge on any atom is 0.305 e. The summed E-state index contributed by atoms with van der Waals surface area (Å²) in [5.74, 6) is -0.873. The molecule has 0 aliphatic heterocycles. The fourth-order valence-corrected chi connectivity index (χ4v) is 2.80. The van der Waals surface area contributed by atoms with Crippen molar-refractivity contribution in [2.24, 2.45) is 0 Å². The molecule has 0 aromatic heterocycles. The molecule has 14 nitrogen and oxygen atoms in total. The Morgan fingerprint density at radius 1 is 0.381 bits per heavy atom. The minimum Gasteiger partial charge on any atom is -0.481 e. The van der Waals surface area contributed by atoms with E-state index in [0.717, 1.165) is 0 Å². The zero-order valence-electron chi connectivity index (χ0n) is 25.8. The molecule has 0 bridgehead atoms. The molecule has 0 heterocycles. The van der Waals surface area contributed by atoms with Gasteiger partial charge in [-0.2, -0.15) is 0 Å². The molecule has 0 fully saturated rings. The molecule has 0 aromatic rings. The lowest BCUT2D eigenvalue weighted by atomic mass is 10.5. The third-order valence-corrected chi connectivity index (χ3v) is 4.86. The second kappa shape index (κ2) is 36.2. The Labute approximate surface area is 251 Å². The number of aliphatic carboxylic acids is 1. The normalized spacial score (nSPS) is 11.6. The molecule has 0 aromatic carbocycles. The maximum absolute atomic E-state index is 10.3. The third kappa shape index (κ3) is 39.0. The molecule has 0 atom stereocenters. The SMILES string of the molecule is CC(C)OCCOCCOCCOCCOCCOCCOCCOCCOCCOCCOCCOCCC(=O)O. The Hall–Kier alpha value is -1.01. The first-order valence-corrected chi connectivity index (χ1v) is 14.8. The number of hydrogen-bond donors (Lipinski definition) is 1. The van der Waals surface area contributed by atoms with Crippen LogP contribution in [0.3, 0.4) is 0 Å². The lowest BCUT2D eigenvalue weighted by Crippen LogP contribution is -2.15. The molecule has 0 radical (unpaired) electrons. The molecular weight excluding hydrogens is 560 g/mol. The highest BCUT2D eigenvalue weighted by atomic mass is 16.6. The van der Waals surface area contributed by atoms with Gasteiger partial charge in [0.05, 0.1) is 164 Å². The summed E-state index contributed by atoms with van der Waals surface area (Å²) in [6, 6.07) is 0. The van der Waals surface area contributed by atoms with E-state index in [1.807, 2.05) is 13.8 Å². The number of carbonyl (C=O) groups is 1. The molecule has 0 saturated carbocycles. The predicted molar refractivity (Wildman–Crippen MR) is 152 cm³/mol. The van der Waals surface area contributed by atoms with E-state index in [4.69, 9.17) is 61.9 Å². The highest BCUT2D eigenvalue weighted by molar-refractivity contribution is 5.66. The van der Waals surface area contributed by atoms with Crippen LogP contribution in [0.4, 0.5) is 0 Å². The third-order valence-electron chi connectivity index (χ3n) is 4.86. The largest absolute Gasteiger partial charge is 0.481 e. The van der Waals surface area contributed by atoms with E-state index in [1.165, 1.54) is 0 Å². The van der Waals surface area contributed by atoms with Gasteiger partial charge in [-0.3, -0.25) is 4.79 Å². The van der Waals surface area contributed by atoms with Gasteiger partial charge in [0.2, 0.25) is 0 Å². The van der Waals surface area contributed by atoms with Crippen molar-refractivity contribution in [1.82, 2.24) is 0 Å². The van der Waals surface area contributed by atoms with Crippen molar-refractivity contribution in [1.29, 1.82) is 0 Å². The molecule has 1 N–H and O–H groups in total. The van der Waals surface area contributed by atoms with Crippen LogP contribution >= 0.6 is 0 Å². The van der Waals surface area contributed by atoms with Crippen LogP contribution in [-0.4, -0.2) is 169 Å². The molecule has 0 aliphatic rings. The van der Waals surface area contributed by atoms with Gasteiger partial charge in [-0.15, -0.1) is 0 Å². The number of hydrogen-bond acceptors (Lipinski definition) is 13. The van der Waals surface area contributed by atoms with Crippen LogP contribution in [0.2, 0.25) is 0 Å². The fourth-order valence-electron chi connectivity index (χ4n) is 2.80. The van der Waals surface area contributed by atoms with Crippen LogP contribution in [0.5, 0.6) is 0 Å². The van der Waals surface area contributed by atoms with E-state index in [-0.39, 0.29) is 19.1 Å². The summed E-state index contributed by atoms with van der Waals surface area (Å²) in [7, 11) is 0. The monoisotopic (exact) mass is 616 g/mol. The number of carboxylic acids is 1. The summed E-state index contributed by atoms with van der Waals surface area (Å²) in [6.45, 7) is 15.2. The quantitative estimate of drug-likeness (QED) is 0.0992. The number of ether oxygens (including phenoxy) is 12. The van der Waals surface area contributed by atoms with Crippen LogP contribution < -0.4 is 0 Å². The first kappa shape index (κ1) is 41.0. The highest BCUT2D eigenvalue weighted by Crippen LogP contribution is 1.89. The molecule has 0 rings (SSSR count). The highest BCUT2D eigenvalue weighted by Gasteiger charge is 1.98. The summed E-state index contributed by atoms with van der Waals surface area (Å²) in [5.41, 5.74) is 0. The molecule has 42 heavy (non-hydrogen) atoms. The topological polar surface area (TPSA) is 148 Å². The lowest BCUT2D eigenvalue weighted by molar-refractivity contribution is -0.138. The molecule has 0 aliphatic carbocycles. The molecule has 0 unspecified atom stereocenters. The van der Waals surface area contributed by atoms with Crippen LogP contribution in [0.25, 0.3) is 0 Å². The molecule has 0 saturated heterocycles. The van der Waals surface area contributed by atoms with Crippen LogP contribution in [0, 0.1) is 0 Å². The summed E-state index contributed by atoms with van der Waals surface area (Å²) < 4.78 is 64.7. The Morgan fingerprint density at radius 3 is 0.762 bits per heavy atom. The molecule has 252 valence electrons. The van der Waals surface area contributed by atoms with E-state index >= 15 is 0 Å². The standard InChI is InChI=1S/C28H56O14/c1-27(2)42-26-25-41-24-23-40-22-21-39-20-19-38-18-17-37-16-15-36-14-13-35-12-11-34-10-9-33-8-7-32-6-5-31-4-3-28(29)30/h27H,3-26H2,1-2H3,(H,29,30). The van der Waals surface area contributed by atoms with Crippen molar-refractivity contribution in [3.63, 3.8) is 0 Å². The molecule has 0 spiro atoms. The van der Waals surface area contributed by atoms with Gasteiger partial charge in [0.1, 0.15) is 0 Å².